The molecule has 5 heteroatoms. The molecule has 0 aromatic heterocycles. The van der Waals surface area contributed by atoms with Crippen molar-refractivity contribution in [3.63, 3.8) is 0 Å². The molecule has 0 atom stereocenters. The molecule has 0 spiro atoms. The smallest absolute Gasteiger partial charge is 0.250 e. The van der Waals surface area contributed by atoms with Crippen LogP contribution in [0.2, 0.25) is 0 Å². The first-order valence-electron chi connectivity index (χ1n) is 9.91. The van der Waals surface area contributed by atoms with E-state index in [9.17, 15) is 4.79 Å². The first-order valence-corrected chi connectivity index (χ1v) is 9.91. The monoisotopic (exact) mass is 386 g/mol. The van der Waals surface area contributed by atoms with Crippen LogP contribution in [0.4, 0.5) is 11.4 Å². The molecule has 0 aliphatic carbocycles. The van der Waals surface area contributed by atoms with Gasteiger partial charge in [-0.1, -0.05) is 60.7 Å². The molecule has 1 fully saturated rings. The molecule has 148 valence electrons. The maximum Gasteiger partial charge on any atom is 0.250 e. The molecule has 0 unspecified atom stereocenters. The Kier molecular flexibility index (Phi) is 5.49. The van der Waals surface area contributed by atoms with Crippen LogP contribution in [0.25, 0.3) is 0 Å². The Balaban J connectivity index is 1.57. The molecule has 1 saturated heterocycles. The molecular formula is C24H26N4O. The normalized spacial score (nSPS) is 14.9. The van der Waals surface area contributed by atoms with Crippen molar-refractivity contribution in [3.8, 4) is 0 Å². The number of nitrogen functional groups attached to an aromatic ring is 1. The molecule has 5 nitrogen and oxygen atoms in total. The van der Waals surface area contributed by atoms with E-state index in [0.29, 0.717) is 11.3 Å². The van der Waals surface area contributed by atoms with Gasteiger partial charge in [0.15, 0.2) is 0 Å². The average Bonchev–Trinajstić information content (AvgIpc) is 2.76. The van der Waals surface area contributed by atoms with Gasteiger partial charge < -0.3 is 16.4 Å². The summed E-state index contributed by atoms with van der Waals surface area (Å²) in [7, 11) is 0. The van der Waals surface area contributed by atoms with Gasteiger partial charge in [-0.25, -0.2) is 0 Å². The molecule has 1 heterocycles. The van der Waals surface area contributed by atoms with Crippen LogP contribution in [0.3, 0.4) is 0 Å². The number of primary amides is 1. The molecule has 3 aromatic carbocycles. The van der Waals surface area contributed by atoms with Crippen LogP contribution in [0.1, 0.15) is 27.5 Å². The lowest BCUT2D eigenvalue weighted by Gasteiger charge is -2.41. The first kappa shape index (κ1) is 19.0. The Hall–Kier alpha value is -3.31. The quantitative estimate of drug-likeness (QED) is 0.660. The van der Waals surface area contributed by atoms with Gasteiger partial charge in [-0.3, -0.25) is 9.69 Å². The van der Waals surface area contributed by atoms with Crippen molar-refractivity contribution in [3.05, 3.63) is 95.6 Å². The van der Waals surface area contributed by atoms with Crippen LogP contribution in [0.15, 0.2) is 78.9 Å². The summed E-state index contributed by atoms with van der Waals surface area (Å²) >= 11 is 0. The van der Waals surface area contributed by atoms with Crippen molar-refractivity contribution in [2.45, 2.75) is 6.04 Å². The number of amides is 1. The summed E-state index contributed by atoms with van der Waals surface area (Å²) in [6.45, 7) is 3.41. The predicted octanol–water partition coefficient (Wildman–Crippen LogP) is 3.28. The minimum Gasteiger partial charge on any atom is -0.399 e. The first-order chi connectivity index (χ1) is 14.1. The largest absolute Gasteiger partial charge is 0.399 e. The van der Waals surface area contributed by atoms with Gasteiger partial charge in [0, 0.05) is 37.6 Å². The van der Waals surface area contributed by atoms with Crippen LogP contribution in [0.5, 0.6) is 0 Å². The lowest BCUT2D eigenvalue weighted by atomic mass is 9.96. The van der Waals surface area contributed by atoms with Crippen LogP contribution in [-0.2, 0) is 0 Å². The molecule has 0 bridgehead atoms. The Bertz CT molecular complexity index is 927. The number of piperazine rings is 1. The third-order valence-corrected chi connectivity index (χ3v) is 5.54. The minimum atomic E-state index is -0.443. The summed E-state index contributed by atoms with van der Waals surface area (Å²) in [5.74, 6) is -0.443. The van der Waals surface area contributed by atoms with Crippen molar-refractivity contribution < 1.29 is 4.79 Å². The summed E-state index contributed by atoms with van der Waals surface area (Å²) in [5, 5.41) is 0. The highest BCUT2D eigenvalue weighted by atomic mass is 16.1. The van der Waals surface area contributed by atoms with Gasteiger partial charge in [0.25, 0.3) is 5.91 Å². The van der Waals surface area contributed by atoms with Gasteiger partial charge in [0.05, 0.1) is 11.6 Å². The van der Waals surface area contributed by atoms with Gasteiger partial charge >= 0.3 is 0 Å². The highest BCUT2D eigenvalue weighted by Crippen LogP contribution is 2.31. The lowest BCUT2D eigenvalue weighted by molar-refractivity contribution is 0.100. The summed E-state index contributed by atoms with van der Waals surface area (Å²) in [6, 6.07) is 26.8. The van der Waals surface area contributed by atoms with Gasteiger partial charge in [0.1, 0.15) is 0 Å². The average molecular weight is 386 g/mol. The zero-order valence-electron chi connectivity index (χ0n) is 16.4. The third kappa shape index (κ3) is 4.10. The second-order valence-corrected chi connectivity index (χ2v) is 7.39. The van der Waals surface area contributed by atoms with Crippen molar-refractivity contribution in [2.24, 2.45) is 5.73 Å². The molecular weight excluding hydrogens is 360 g/mol. The van der Waals surface area contributed by atoms with Crippen LogP contribution < -0.4 is 16.4 Å². The zero-order valence-corrected chi connectivity index (χ0v) is 16.4. The maximum absolute atomic E-state index is 11.9. The maximum atomic E-state index is 11.9. The fraction of sp³-hybridized carbons (Fsp3) is 0.208. The molecule has 4 N–H and O–H groups in total. The van der Waals surface area contributed by atoms with Crippen LogP contribution >= 0.6 is 0 Å². The van der Waals surface area contributed by atoms with Gasteiger partial charge in [0.2, 0.25) is 0 Å². The molecule has 3 aromatic rings. The van der Waals surface area contributed by atoms with E-state index in [1.165, 1.54) is 11.1 Å². The zero-order chi connectivity index (χ0) is 20.2. The second kappa shape index (κ2) is 8.37. The van der Waals surface area contributed by atoms with E-state index in [1.54, 1.807) is 6.07 Å². The number of rotatable bonds is 5. The number of carbonyl (C=O) groups excluding carboxylic acids is 1. The Labute approximate surface area is 171 Å². The van der Waals surface area contributed by atoms with Crippen molar-refractivity contribution in [1.29, 1.82) is 0 Å². The Morgan fingerprint density at radius 1 is 0.793 bits per heavy atom. The van der Waals surface area contributed by atoms with Gasteiger partial charge in [-0.2, -0.15) is 0 Å². The molecule has 4 rings (SSSR count). The SMILES string of the molecule is NC(=O)c1cc(N)ccc1N1CCN(C(c2ccccc2)c2ccccc2)CC1. The van der Waals surface area contributed by atoms with Gasteiger partial charge in [-0.15, -0.1) is 0 Å². The van der Waals surface area contributed by atoms with Crippen molar-refractivity contribution in [2.75, 3.05) is 36.8 Å². The van der Waals surface area contributed by atoms with E-state index in [4.69, 9.17) is 11.5 Å². The second-order valence-electron chi connectivity index (χ2n) is 7.39. The fourth-order valence-corrected chi connectivity index (χ4v) is 4.13. The summed E-state index contributed by atoms with van der Waals surface area (Å²) < 4.78 is 0. The summed E-state index contributed by atoms with van der Waals surface area (Å²) in [4.78, 5) is 16.6. The number of hydrogen-bond acceptors (Lipinski definition) is 4. The number of anilines is 2. The highest BCUT2D eigenvalue weighted by Gasteiger charge is 2.27. The number of hydrogen-bond donors (Lipinski definition) is 2. The predicted molar refractivity (Wildman–Crippen MR) is 118 cm³/mol. The number of benzene rings is 3. The van der Waals surface area contributed by atoms with E-state index in [-0.39, 0.29) is 6.04 Å². The Morgan fingerprint density at radius 3 is 1.86 bits per heavy atom. The summed E-state index contributed by atoms with van der Waals surface area (Å²) in [6.07, 6.45) is 0. The highest BCUT2D eigenvalue weighted by molar-refractivity contribution is 5.99. The lowest BCUT2D eigenvalue weighted by Crippen LogP contribution is -2.48. The van der Waals surface area contributed by atoms with Crippen LogP contribution in [0, 0.1) is 0 Å². The van der Waals surface area contributed by atoms with E-state index in [1.807, 2.05) is 12.1 Å². The molecule has 0 saturated carbocycles. The summed E-state index contributed by atoms with van der Waals surface area (Å²) in [5.41, 5.74) is 15.9. The molecule has 29 heavy (non-hydrogen) atoms. The molecule has 1 aliphatic rings. The fourth-order valence-electron chi connectivity index (χ4n) is 4.13. The van der Waals surface area contributed by atoms with E-state index < -0.39 is 5.91 Å². The van der Waals surface area contributed by atoms with E-state index >= 15 is 0 Å². The number of nitrogens with zero attached hydrogens (tertiary/aromatic N) is 2. The Morgan fingerprint density at radius 2 is 1.34 bits per heavy atom. The van der Waals surface area contributed by atoms with Crippen LogP contribution in [-0.4, -0.2) is 37.0 Å². The minimum absolute atomic E-state index is 0.210. The molecule has 0 radical (unpaired) electrons. The third-order valence-electron chi connectivity index (χ3n) is 5.54. The topological polar surface area (TPSA) is 75.6 Å². The molecule has 1 amide bonds. The van der Waals surface area contributed by atoms with E-state index in [0.717, 1.165) is 31.9 Å². The van der Waals surface area contributed by atoms with Crippen molar-refractivity contribution in [1.82, 2.24) is 4.90 Å². The number of nitrogens with two attached hydrogens (primary N) is 2. The standard InChI is InChI=1S/C24H26N4O/c25-20-11-12-22(21(17-20)24(26)29)27-13-15-28(16-14-27)23(18-7-3-1-4-8-18)19-9-5-2-6-10-19/h1-12,17,23H,13-16,25H2,(H2,26,29). The van der Waals surface area contributed by atoms with Gasteiger partial charge in [-0.05, 0) is 29.3 Å². The van der Waals surface area contributed by atoms with Crippen molar-refractivity contribution >= 4 is 17.3 Å². The number of carbonyl (C=O) groups is 1. The molecule has 1 aliphatic heterocycles. The van der Waals surface area contributed by atoms with E-state index in [2.05, 4.69) is 70.5 Å².